The van der Waals surface area contributed by atoms with Crippen LogP contribution in [0.1, 0.15) is 27.7 Å². The Balaban J connectivity index is 2.16. The highest BCUT2D eigenvalue weighted by molar-refractivity contribution is 6.62. The lowest BCUT2D eigenvalue weighted by Crippen LogP contribution is -2.41. The lowest BCUT2D eigenvalue weighted by Gasteiger charge is -2.32. The molecule has 1 aliphatic rings. The van der Waals surface area contributed by atoms with Crippen molar-refractivity contribution in [2.24, 2.45) is 0 Å². The van der Waals surface area contributed by atoms with E-state index in [-0.39, 0.29) is 0 Å². The number of ether oxygens (including phenoxy) is 2. The number of nitrogens with zero attached hydrogens (tertiary/aromatic N) is 1. The molecule has 7 heteroatoms. The van der Waals surface area contributed by atoms with Gasteiger partial charge >= 0.3 is 7.12 Å². The van der Waals surface area contributed by atoms with Crippen LogP contribution in [0.15, 0.2) is 12.3 Å². The minimum Gasteiger partial charge on any atom is -0.488 e. The van der Waals surface area contributed by atoms with Crippen molar-refractivity contribution >= 4 is 24.2 Å². The third-order valence-electron chi connectivity index (χ3n) is 3.90. The van der Waals surface area contributed by atoms with Crippen LogP contribution in [0, 0.1) is 0 Å². The molecule has 2 rings (SSSR count). The van der Waals surface area contributed by atoms with E-state index in [0.717, 1.165) is 5.46 Å². The standard InChI is InChI=1S/C14H21BClNO4/c1-13(2)14(3,4)21-15(20-13)10-8-11(12(16)17-9-10)19-7-6-18-5/h8-9H,6-7H2,1-5H3. The molecular formula is C14H21BClNO4. The number of halogens is 1. The van der Waals surface area contributed by atoms with Crippen molar-refractivity contribution < 1.29 is 18.8 Å². The van der Waals surface area contributed by atoms with Crippen LogP contribution >= 0.6 is 11.6 Å². The molecule has 1 fully saturated rings. The first-order valence-electron chi connectivity index (χ1n) is 6.89. The minimum absolute atomic E-state index is 0.311. The Kier molecular flexibility index (Phi) is 4.83. The molecule has 0 spiro atoms. The van der Waals surface area contributed by atoms with E-state index in [1.807, 2.05) is 27.7 Å². The first kappa shape index (κ1) is 16.6. The van der Waals surface area contributed by atoms with E-state index < -0.39 is 18.3 Å². The number of aromatic nitrogens is 1. The summed E-state index contributed by atoms with van der Waals surface area (Å²) in [7, 11) is 1.13. The van der Waals surface area contributed by atoms with Gasteiger partial charge in [-0.05, 0) is 33.8 Å². The van der Waals surface area contributed by atoms with Crippen LogP contribution < -0.4 is 10.2 Å². The van der Waals surface area contributed by atoms with E-state index in [9.17, 15) is 0 Å². The second-order valence-electron chi connectivity index (χ2n) is 5.99. The molecular weight excluding hydrogens is 292 g/mol. The second kappa shape index (κ2) is 6.12. The smallest absolute Gasteiger partial charge is 0.488 e. The average Bonchev–Trinajstić information content (AvgIpc) is 2.61. The molecule has 1 saturated heterocycles. The largest absolute Gasteiger partial charge is 0.496 e. The number of pyridine rings is 1. The van der Waals surface area contributed by atoms with Crippen LogP contribution in [0.4, 0.5) is 0 Å². The molecule has 116 valence electrons. The van der Waals surface area contributed by atoms with Gasteiger partial charge in [-0.3, -0.25) is 0 Å². The maximum absolute atomic E-state index is 6.04. The van der Waals surface area contributed by atoms with Gasteiger partial charge in [-0.15, -0.1) is 0 Å². The Morgan fingerprint density at radius 3 is 2.38 bits per heavy atom. The van der Waals surface area contributed by atoms with Crippen molar-refractivity contribution in [1.29, 1.82) is 0 Å². The zero-order chi connectivity index (χ0) is 15.7. The molecule has 0 saturated carbocycles. The molecule has 1 aromatic heterocycles. The lowest BCUT2D eigenvalue weighted by molar-refractivity contribution is 0.00578. The number of rotatable bonds is 5. The second-order valence-corrected chi connectivity index (χ2v) is 6.35. The highest BCUT2D eigenvalue weighted by Gasteiger charge is 2.51. The van der Waals surface area contributed by atoms with Crippen molar-refractivity contribution in [2.75, 3.05) is 20.3 Å². The third-order valence-corrected chi connectivity index (χ3v) is 4.18. The fraction of sp³-hybridized carbons (Fsp3) is 0.643. The molecule has 0 bridgehead atoms. The van der Waals surface area contributed by atoms with E-state index in [1.54, 1.807) is 19.4 Å². The molecule has 5 nitrogen and oxygen atoms in total. The number of hydrogen-bond donors (Lipinski definition) is 0. The number of hydrogen-bond acceptors (Lipinski definition) is 5. The topological polar surface area (TPSA) is 49.8 Å². The molecule has 0 atom stereocenters. The van der Waals surface area contributed by atoms with Crippen LogP contribution in [0.2, 0.25) is 5.15 Å². The summed E-state index contributed by atoms with van der Waals surface area (Å²) >= 11 is 6.04. The van der Waals surface area contributed by atoms with Gasteiger partial charge in [0.1, 0.15) is 6.61 Å². The zero-order valence-corrected chi connectivity index (χ0v) is 13.9. The Bertz CT molecular complexity index is 494. The van der Waals surface area contributed by atoms with E-state index >= 15 is 0 Å². The predicted octanol–water partition coefficient (Wildman–Crippen LogP) is 2.06. The van der Waals surface area contributed by atoms with Gasteiger partial charge in [0.25, 0.3) is 0 Å². The molecule has 0 unspecified atom stereocenters. The van der Waals surface area contributed by atoms with Crippen molar-refractivity contribution in [3.05, 3.63) is 17.4 Å². The zero-order valence-electron chi connectivity index (χ0n) is 13.1. The Morgan fingerprint density at radius 2 is 1.81 bits per heavy atom. The SMILES string of the molecule is COCCOc1cc(B2OC(C)(C)C(C)(C)O2)cnc1Cl. The fourth-order valence-corrected chi connectivity index (χ4v) is 2.05. The van der Waals surface area contributed by atoms with Crippen LogP contribution in [0.25, 0.3) is 0 Å². The van der Waals surface area contributed by atoms with Gasteiger partial charge in [0, 0.05) is 18.8 Å². The summed E-state index contributed by atoms with van der Waals surface area (Å²) in [5, 5.41) is 0.311. The van der Waals surface area contributed by atoms with Crippen LogP contribution in [-0.4, -0.2) is 43.6 Å². The van der Waals surface area contributed by atoms with E-state index in [1.165, 1.54) is 0 Å². The summed E-state index contributed by atoms with van der Waals surface area (Å²) in [6, 6.07) is 1.80. The van der Waals surface area contributed by atoms with Crippen LogP contribution in [-0.2, 0) is 14.0 Å². The molecule has 0 radical (unpaired) electrons. The van der Waals surface area contributed by atoms with Gasteiger partial charge in [-0.2, -0.15) is 0 Å². The highest BCUT2D eigenvalue weighted by Crippen LogP contribution is 2.36. The van der Waals surface area contributed by atoms with Gasteiger partial charge in [-0.25, -0.2) is 4.98 Å². The molecule has 1 aromatic rings. The normalized spacial score (nSPS) is 19.8. The molecule has 1 aliphatic heterocycles. The maximum atomic E-state index is 6.04. The summed E-state index contributed by atoms with van der Waals surface area (Å²) in [6.45, 7) is 8.92. The van der Waals surface area contributed by atoms with Gasteiger partial charge in [0.15, 0.2) is 10.9 Å². The first-order valence-corrected chi connectivity index (χ1v) is 7.27. The summed E-state index contributed by atoms with van der Waals surface area (Å²) < 4.78 is 22.5. The molecule has 2 heterocycles. The van der Waals surface area contributed by atoms with Crippen LogP contribution in [0.5, 0.6) is 5.75 Å². The van der Waals surface area contributed by atoms with Gasteiger partial charge in [0.05, 0.1) is 17.8 Å². The summed E-state index contributed by atoms with van der Waals surface area (Å²) in [4.78, 5) is 4.14. The molecule has 21 heavy (non-hydrogen) atoms. The summed E-state index contributed by atoms with van der Waals surface area (Å²) in [6.07, 6.45) is 1.65. The predicted molar refractivity (Wildman–Crippen MR) is 82.3 cm³/mol. The maximum Gasteiger partial charge on any atom is 0.496 e. The molecule has 0 aromatic carbocycles. The molecule has 0 amide bonds. The van der Waals surface area contributed by atoms with Gasteiger partial charge in [-0.1, -0.05) is 11.6 Å². The molecule has 0 aliphatic carbocycles. The van der Waals surface area contributed by atoms with Crippen molar-refractivity contribution in [1.82, 2.24) is 4.98 Å². The average molecular weight is 314 g/mol. The minimum atomic E-state index is -0.482. The summed E-state index contributed by atoms with van der Waals surface area (Å²) in [5.41, 5.74) is -0.00610. The van der Waals surface area contributed by atoms with Crippen molar-refractivity contribution in [3.8, 4) is 5.75 Å². The Hall–Kier alpha value is -0.815. The monoisotopic (exact) mass is 313 g/mol. The van der Waals surface area contributed by atoms with Crippen molar-refractivity contribution in [3.63, 3.8) is 0 Å². The fourth-order valence-electron chi connectivity index (χ4n) is 1.89. The van der Waals surface area contributed by atoms with E-state index in [2.05, 4.69) is 4.98 Å². The Labute approximate surface area is 131 Å². The molecule has 0 N–H and O–H groups in total. The van der Waals surface area contributed by atoms with Crippen molar-refractivity contribution in [2.45, 2.75) is 38.9 Å². The van der Waals surface area contributed by atoms with Gasteiger partial charge in [0.2, 0.25) is 0 Å². The number of methoxy groups -OCH3 is 1. The highest BCUT2D eigenvalue weighted by atomic mass is 35.5. The first-order chi connectivity index (χ1) is 9.77. The van der Waals surface area contributed by atoms with E-state index in [0.29, 0.717) is 24.1 Å². The third kappa shape index (κ3) is 3.51. The lowest BCUT2D eigenvalue weighted by atomic mass is 9.80. The Morgan fingerprint density at radius 1 is 1.19 bits per heavy atom. The summed E-state index contributed by atoms with van der Waals surface area (Å²) in [5.74, 6) is 0.501. The van der Waals surface area contributed by atoms with E-state index in [4.69, 9.17) is 30.4 Å². The quantitative estimate of drug-likeness (QED) is 0.473. The van der Waals surface area contributed by atoms with Crippen LogP contribution in [0.3, 0.4) is 0 Å². The van der Waals surface area contributed by atoms with Gasteiger partial charge < -0.3 is 18.8 Å².